The Kier molecular flexibility index (Phi) is 2.30. The first-order valence-corrected chi connectivity index (χ1v) is 5.10. The van der Waals surface area contributed by atoms with E-state index in [4.69, 9.17) is 4.74 Å². The van der Waals surface area contributed by atoms with Crippen molar-refractivity contribution in [3.05, 3.63) is 53.0 Å². The Morgan fingerprint density at radius 1 is 1.33 bits per heavy atom. The summed E-state index contributed by atoms with van der Waals surface area (Å²) in [5, 5.41) is 6.02. The standard InChI is InChI=1S/C11H7FN4O2/c12-7-3-1-2-4-8(7)18-10-9-14-15-11(17)16(9)6-5-13-10/h1-6H,(H,15,17). The summed E-state index contributed by atoms with van der Waals surface area (Å²) >= 11 is 0. The number of nitrogens with zero attached hydrogens (tertiary/aromatic N) is 3. The van der Waals surface area contributed by atoms with Crippen LogP contribution >= 0.6 is 0 Å². The molecule has 0 aliphatic heterocycles. The molecule has 0 atom stereocenters. The van der Waals surface area contributed by atoms with Gasteiger partial charge in [-0.2, -0.15) is 0 Å². The molecule has 6 nitrogen and oxygen atoms in total. The van der Waals surface area contributed by atoms with Gasteiger partial charge in [0.15, 0.2) is 11.6 Å². The van der Waals surface area contributed by atoms with E-state index in [9.17, 15) is 9.18 Å². The molecule has 0 saturated heterocycles. The summed E-state index contributed by atoms with van der Waals surface area (Å²) in [6.07, 6.45) is 2.81. The molecule has 7 heteroatoms. The van der Waals surface area contributed by atoms with Gasteiger partial charge < -0.3 is 4.74 Å². The maximum Gasteiger partial charge on any atom is 0.347 e. The molecule has 0 bridgehead atoms. The van der Waals surface area contributed by atoms with Gasteiger partial charge in [-0.1, -0.05) is 12.1 Å². The number of benzene rings is 1. The number of ether oxygens (including phenoxy) is 1. The molecule has 1 N–H and O–H groups in total. The molecule has 90 valence electrons. The number of fused-ring (bicyclic) bond motifs is 1. The normalized spacial score (nSPS) is 10.7. The minimum atomic E-state index is -0.515. The number of halogens is 1. The third-order valence-electron chi connectivity index (χ3n) is 2.35. The molecule has 0 aliphatic rings. The Morgan fingerprint density at radius 2 is 2.17 bits per heavy atom. The smallest absolute Gasteiger partial charge is 0.347 e. The lowest BCUT2D eigenvalue weighted by Gasteiger charge is -2.05. The molecule has 3 rings (SSSR count). The molecule has 0 saturated carbocycles. The maximum atomic E-state index is 13.4. The van der Waals surface area contributed by atoms with Gasteiger partial charge in [-0.3, -0.25) is 0 Å². The third-order valence-corrected chi connectivity index (χ3v) is 2.35. The average Bonchev–Trinajstić information content (AvgIpc) is 2.76. The van der Waals surface area contributed by atoms with Gasteiger partial charge in [0.1, 0.15) is 0 Å². The fourth-order valence-corrected chi connectivity index (χ4v) is 1.52. The van der Waals surface area contributed by atoms with E-state index in [1.54, 1.807) is 12.1 Å². The second-order valence-electron chi connectivity index (χ2n) is 3.49. The van der Waals surface area contributed by atoms with Crippen molar-refractivity contribution < 1.29 is 9.13 Å². The van der Waals surface area contributed by atoms with Crippen LogP contribution in [0.3, 0.4) is 0 Å². The molecule has 3 aromatic rings. The van der Waals surface area contributed by atoms with Gasteiger partial charge in [0.05, 0.1) is 0 Å². The summed E-state index contributed by atoms with van der Waals surface area (Å²) in [5.74, 6) is -0.436. The van der Waals surface area contributed by atoms with Crippen molar-refractivity contribution in [2.24, 2.45) is 0 Å². The highest BCUT2D eigenvalue weighted by Gasteiger charge is 2.11. The van der Waals surface area contributed by atoms with E-state index in [1.165, 1.54) is 28.9 Å². The molecule has 0 unspecified atom stereocenters. The number of aromatic amines is 1. The van der Waals surface area contributed by atoms with Crippen LogP contribution in [0.4, 0.5) is 4.39 Å². The minimum Gasteiger partial charge on any atom is -0.433 e. The number of hydrogen-bond donors (Lipinski definition) is 1. The summed E-state index contributed by atoms with van der Waals surface area (Å²) in [7, 11) is 0. The van der Waals surface area contributed by atoms with Gasteiger partial charge in [0.25, 0.3) is 5.88 Å². The van der Waals surface area contributed by atoms with Gasteiger partial charge >= 0.3 is 5.69 Å². The number of aromatic nitrogens is 4. The zero-order valence-electron chi connectivity index (χ0n) is 9.00. The summed E-state index contributed by atoms with van der Waals surface area (Å²) < 4.78 is 20.0. The second-order valence-corrected chi connectivity index (χ2v) is 3.49. The fraction of sp³-hybridized carbons (Fsp3) is 0. The van der Waals surface area contributed by atoms with Crippen molar-refractivity contribution >= 4 is 5.65 Å². The first-order chi connectivity index (χ1) is 8.75. The lowest BCUT2D eigenvalue weighted by molar-refractivity contribution is 0.429. The Labute approximate surface area is 99.7 Å². The predicted molar refractivity (Wildman–Crippen MR) is 60.1 cm³/mol. The maximum absolute atomic E-state index is 13.4. The third kappa shape index (κ3) is 1.61. The first kappa shape index (κ1) is 10.5. The summed E-state index contributed by atoms with van der Waals surface area (Å²) in [6.45, 7) is 0. The number of rotatable bonds is 2. The predicted octanol–water partition coefficient (Wildman–Crippen LogP) is 1.35. The summed E-state index contributed by atoms with van der Waals surface area (Å²) in [5.41, 5.74) is -0.212. The first-order valence-electron chi connectivity index (χ1n) is 5.10. The van der Waals surface area contributed by atoms with Crippen LogP contribution in [0, 0.1) is 5.82 Å². The van der Waals surface area contributed by atoms with Crippen molar-refractivity contribution in [3.63, 3.8) is 0 Å². The van der Waals surface area contributed by atoms with Gasteiger partial charge in [-0.25, -0.2) is 23.7 Å². The van der Waals surface area contributed by atoms with Crippen molar-refractivity contribution in [3.8, 4) is 11.6 Å². The molecule has 18 heavy (non-hydrogen) atoms. The van der Waals surface area contributed by atoms with Crippen LogP contribution in [-0.4, -0.2) is 19.6 Å². The van der Waals surface area contributed by atoms with Gasteiger partial charge in [-0.05, 0) is 12.1 Å². The van der Waals surface area contributed by atoms with Crippen LogP contribution in [0.2, 0.25) is 0 Å². The van der Waals surface area contributed by atoms with E-state index in [-0.39, 0.29) is 17.3 Å². The molecule has 2 aromatic heterocycles. The molecule has 0 amide bonds. The molecular weight excluding hydrogens is 239 g/mol. The number of para-hydroxylation sites is 1. The molecule has 0 spiro atoms. The van der Waals surface area contributed by atoms with Crippen LogP contribution in [0.5, 0.6) is 11.6 Å². The number of H-pyrrole nitrogens is 1. The monoisotopic (exact) mass is 246 g/mol. The van der Waals surface area contributed by atoms with Crippen LogP contribution in [0.1, 0.15) is 0 Å². The lowest BCUT2D eigenvalue weighted by atomic mass is 10.3. The van der Waals surface area contributed by atoms with Gasteiger partial charge in [-0.15, -0.1) is 5.10 Å². The molecule has 0 aliphatic carbocycles. The summed E-state index contributed by atoms with van der Waals surface area (Å²) in [4.78, 5) is 15.3. The largest absolute Gasteiger partial charge is 0.433 e. The zero-order chi connectivity index (χ0) is 12.5. The molecule has 0 fully saturated rings. The molecule has 1 aromatic carbocycles. The second kappa shape index (κ2) is 3.95. The Bertz CT molecular complexity index is 765. The van der Waals surface area contributed by atoms with E-state index in [1.807, 2.05) is 0 Å². The minimum absolute atomic E-state index is 0.0218. The molecule has 2 heterocycles. The quantitative estimate of drug-likeness (QED) is 0.740. The van der Waals surface area contributed by atoms with Crippen LogP contribution in [0.25, 0.3) is 5.65 Å². The molecular formula is C11H7FN4O2. The van der Waals surface area contributed by atoms with Gasteiger partial charge in [0, 0.05) is 12.4 Å². The Hall–Kier alpha value is -2.70. The molecule has 0 radical (unpaired) electrons. The van der Waals surface area contributed by atoms with E-state index in [0.29, 0.717) is 0 Å². The van der Waals surface area contributed by atoms with Crippen LogP contribution in [-0.2, 0) is 0 Å². The van der Waals surface area contributed by atoms with Crippen molar-refractivity contribution in [1.82, 2.24) is 19.6 Å². The lowest BCUT2D eigenvalue weighted by Crippen LogP contribution is -2.09. The van der Waals surface area contributed by atoms with Gasteiger partial charge in [0.2, 0.25) is 5.65 Å². The van der Waals surface area contributed by atoms with Crippen molar-refractivity contribution in [2.45, 2.75) is 0 Å². The fourth-order valence-electron chi connectivity index (χ4n) is 1.52. The van der Waals surface area contributed by atoms with Crippen molar-refractivity contribution in [1.29, 1.82) is 0 Å². The topological polar surface area (TPSA) is 72.3 Å². The van der Waals surface area contributed by atoms with E-state index in [2.05, 4.69) is 15.2 Å². The Morgan fingerprint density at radius 3 is 3.00 bits per heavy atom. The SMILES string of the molecule is O=c1[nH]nc2c(Oc3ccccc3F)nccn12. The zero-order valence-corrected chi connectivity index (χ0v) is 9.00. The van der Waals surface area contributed by atoms with Crippen LogP contribution in [0.15, 0.2) is 41.5 Å². The summed E-state index contributed by atoms with van der Waals surface area (Å²) in [6, 6.07) is 5.92. The number of nitrogens with one attached hydrogen (secondary N) is 1. The van der Waals surface area contributed by atoms with E-state index >= 15 is 0 Å². The number of hydrogen-bond acceptors (Lipinski definition) is 4. The highest BCUT2D eigenvalue weighted by atomic mass is 19.1. The highest BCUT2D eigenvalue weighted by molar-refractivity contribution is 5.49. The van der Waals surface area contributed by atoms with E-state index < -0.39 is 11.5 Å². The van der Waals surface area contributed by atoms with Crippen molar-refractivity contribution in [2.75, 3.05) is 0 Å². The average molecular weight is 246 g/mol. The van der Waals surface area contributed by atoms with Crippen LogP contribution < -0.4 is 10.4 Å². The Balaban J connectivity index is 2.11. The van der Waals surface area contributed by atoms with E-state index in [0.717, 1.165) is 0 Å². The highest BCUT2D eigenvalue weighted by Crippen LogP contribution is 2.23.